The molecule has 1 atom stereocenters. The number of nitrogens with one attached hydrogen (secondary N) is 1. The van der Waals surface area contributed by atoms with Crippen LogP contribution in [-0.2, 0) is 0 Å². The van der Waals surface area contributed by atoms with Crippen LogP contribution in [0.25, 0.3) is 16.6 Å². The van der Waals surface area contributed by atoms with Gasteiger partial charge >= 0.3 is 0 Å². The van der Waals surface area contributed by atoms with E-state index < -0.39 is 0 Å². The number of rotatable bonds is 2. The molecule has 0 saturated carbocycles. The first kappa shape index (κ1) is 11.6. The molecule has 0 radical (unpaired) electrons. The summed E-state index contributed by atoms with van der Waals surface area (Å²) in [5, 5.41) is 3.51. The molecule has 1 aliphatic rings. The molecule has 100 valence electrons. The summed E-state index contributed by atoms with van der Waals surface area (Å²) < 4.78 is 2.11. The van der Waals surface area contributed by atoms with Gasteiger partial charge in [-0.2, -0.15) is 0 Å². The van der Waals surface area contributed by atoms with Crippen LogP contribution in [0.15, 0.2) is 49.2 Å². The van der Waals surface area contributed by atoms with E-state index in [-0.39, 0.29) is 0 Å². The molecule has 1 saturated heterocycles. The van der Waals surface area contributed by atoms with Gasteiger partial charge in [0, 0.05) is 24.2 Å². The molecule has 3 aromatic heterocycles. The molecule has 4 nitrogen and oxygen atoms in total. The van der Waals surface area contributed by atoms with E-state index in [9.17, 15) is 0 Å². The first-order valence-corrected chi connectivity index (χ1v) is 7.02. The Hall–Kier alpha value is -2.20. The molecule has 0 amide bonds. The van der Waals surface area contributed by atoms with E-state index in [4.69, 9.17) is 0 Å². The second kappa shape index (κ2) is 4.72. The van der Waals surface area contributed by atoms with Crippen molar-refractivity contribution in [3.8, 4) is 11.1 Å². The zero-order valence-corrected chi connectivity index (χ0v) is 11.2. The quantitative estimate of drug-likeness (QED) is 0.774. The summed E-state index contributed by atoms with van der Waals surface area (Å²) in [4.78, 5) is 8.77. The van der Waals surface area contributed by atoms with Crippen LogP contribution in [0.3, 0.4) is 0 Å². The maximum atomic E-state index is 4.60. The molecular weight excluding hydrogens is 248 g/mol. The third kappa shape index (κ3) is 1.89. The van der Waals surface area contributed by atoms with Gasteiger partial charge in [0.25, 0.3) is 0 Å². The monoisotopic (exact) mass is 264 g/mol. The van der Waals surface area contributed by atoms with Crippen molar-refractivity contribution in [1.82, 2.24) is 19.7 Å². The molecule has 0 bridgehead atoms. The van der Waals surface area contributed by atoms with Crippen molar-refractivity contribution in [1.29, 1.82) is 0 Å². The maximum absolute atomic E-state index is 4.60. The molecule has 0 spiro atoms. The fourth-order valence-electron chi connectivity index (χ4n) is 2.91. The molecule has 4 heteroatoms. The highest BCUT2D eigenvalue weighted by Gasteiger charge is 2.20. The molecule has 3 aromatic rings. The second-order valence-electron chi connectivity index (χ2n) is 5.23. The molecule has 4 rings (SSSR count). The van der Waals surface area contributed by atoms with E-state index in [1.165, 1.54) is 24.1 Å². The van der Waals surface area contributed by atoms with Crippen molar-refractivity contribution >= 4 is 5.52 Å². The first-order chi connectivity index (χ1) is 9.92. The number of pyridine rings is 2. The van der Waals surface area contributed by atoms with E-state index >= 15 is 0 Å². The van der Waals surface area contributed by atoms with Gasteiger partial charge < -0.3 is 9.72 Å². The standard InChI is InChI=1S/C16H16N4/c1-3-12(9-17-7-1)13-5-6-15-16(14-4-2-8-18-14)19-11-20(15)10-13/h1,3,5-7,9-11,14,18H,2,4,8H2/t14-/m1/s1. The largest absolute Gasteiger partial charge is 0.309 e. The summed E-state index contributed by atoms with van der Waals surface area (Å²) >= 11 is 0. The molecule has 0 aliphatic carbocycles. The minimum Gasteiger partial charge on any atom is -0.309 e. The van der Waals surface area contributed by atoms with Crippen molar-refractivity contribution in [2.45, 2.75) is 18.9 Å². The van der Waals surface area contributed by atoms with E-state index in [0.717, 1.165) is 17.7 Å². The van der Waals surface area contributed by atoms with Crippen LogP contribution in [0.1, 0.15) is 24.6 Å². The van der Waals surface area contributed by atoms with Gasteiger partial charge in [0.15, 0.2) is 0 Å². The predicted octanol–water partition coefficient (Wildman–Crippen LogP) is 2.82. The summed E-state index contributed by atoms with van der Waals surface area (Å²) in [6, 6.07) is 8.74. The summed E-state index contributed by atoms with van der Waals surface area (Å²) in [7, 11) is 0. The minimum absolute atomic E-state index is 0.407. The Morgan fingerprint density at radius 2 is 2.20 bits per heavy atom. The average Bonchev–Trinajstić information content (AvgIpc) is 3.16. The van der Waals surface area contributed by atoms with Crippen LogP contribution in [0.5, 0.6) is 0 Å². The smallest absolute Gasteiger partial charge is 0.0996 e. The summed E-state index contributed by atoms with van der Waals surface area (Å²) in [5.74, 6) is 0. The predicted molar refractivity (Wildman–Crippen MR) is 78.4 cm³/mol. The lowest BCUT2D eigenvalue weighted by molar-refractivity contribution is 0.636. The fourth-order valence-corrected chi connectivity index (χ4v) is 2.91. The van der Waals surface area contributed by atoms with Gasteiger partial charge in [-0.25, -0.2) is 4.98 Å². The molecule has 1 fully saturated rings. The number of aromatic nitrogens is 3. The van der Waals surface area contributed by atoms with Crippen molar-refractivity contribution in [3.05, 3.63) is 54.9 Å². The highest BCUT2D eigenvalue weighted by molar-refractivity contribution is 5.66. The van der Waals surface area contributed by atoms with Gasteiger partial charge in [0.2, 0.25) is 0 Å². The van der Waals surface area contributed by atoms with Gasteiger partial charge in [-0.3, -0.25) is 4.98 Å². The topological polar surface area (TPSA) is 42.2 Å². The summed E-state index contributed by atoms with van der Waals surface area (Å²) in [6.45, 7) is 1.09. The highest BCUT2D eigenvalue weighted by Crippen LogP contribution is 2.27. The molecule has 0 unspecified atom stereocenters. The lowest BCUT2D eigenvalue weighted by atomic mass is 10.1. The number of fused-ring (bicyclic) bond motifs is 1. The number of hydrogen-bond donors (Lipinski definition) is 1. The third-order valence-electron chi connectivity index (χ3n) is 3.95. The fraction of sp³-hybridized carbons (Fsp3) is 0.250. The van der Waals surface area contributed by atoms with Gasteiger partial charge in [0.05, 0.1) is 23.6 Å². The van der Waals surface area contributed by atoms with Crippen molar-refractivity contribution in [3.63, 3.8) is 0 Å². The van der Waals surface area contributed by atoms with Gasteiger partial charge in [-0.15, -0.1) is 0 Å². The van der Waals surface area contributed by atoms with Gasteiger partial charge in [-0.05, 0) is 37.1 Å². The van der Waals surface area contributed by atoms with Crippen molar-refractivity contribution in [2.24, 2.45) is 0 Å². The van der Waals surface area contributed by atoms with Crippen molar-refractivity contribution < 1.29 is 0 Å². The molecule has 4 heterocycles. The zero-order valence-electron chi connectivity index (χ0n) is 11.2. The van der Waals surface area contributed by atoms with Crippen LogP contribution in [0.2, 0.25) is 0 Å². The SMILES string of the molecule is c1cncc(-c2ccc3c([C@H]4CCCN4)ncn3c2)c1. The van der Waals surface area contributed by atoms with Gasteiger partial charge in [0.1, 0.15) is 0 Å². The number of nitrogens with zero attached hydrogens (tertiary/aromatic N) is 3. The zero-order chi connectivity index (χ0) is 13.4. The Kier molecular flexibility index (Phi) is 2.74. The Bertz CT molecular complexity index is 727. The van der Waals surface area contributed by atoms with Crippen molar-refractivity contribution in [2.75, 3.05) is 6.54 Å². The highest BCUT2D eigenvalue weighted by atomic mass is 15.0. The van der Waals surface area contributed by atoms with Crippen LogP contribution in [0.4, 0.5) is 0 Å². The second-order valence-corrected chi connectivity index (χ2v) is 5.23. The Labute approximate surface area is 117 Å². The van der Waals surface area contributed by atoms with Crippen LogP contribution in [0, 0.1) is 0 Å². The summed E-state index contributed by atoms with van der Waals surface area (Å²) in [5.41, 5.74) is 4.65. The lowest BCUT2D eigenvalue weighted by Gasteiger charge is -2.08. The van der Waals surface area contributed by atoms with Gasteiger partial charge in [-0.1, -0.05) is 12.1 Å². The van der Waals surface area contributed by atoms with E-state index in [2.05, 4.69) is 44.1 Å². The Balaban J connectivity index is 1.78. The summed E-state index contributed by atoms with van der Waals surface area (Å²) in [6.07, 6.45) is 10.1. The number of hydrogen-bond acceptors (Lipinski definition) is 3. The minimum atomic E-state index is 0.407. The molecule has 0 aromatic carbocycles. The lowest BCUT2D eigenvalue weighted by Crippen LogP contribution is -2.13. The van der Waals surface area contributed by atoms with E-state index in [1.54, 1.807) is 6.20 Å². The Morgan fingerprint density at radius 3 is 3.00 bits per heavy atom. The normalized spacial score (nSPS) is 18.7. The molecule has 1 N–H and O–H groups in total. The maximum Gasteiger partial charge on any atom is 0.0996 e. The molecule has 1 aliphatic heterocycles. The van der Waals surface area contributed by atoms with E-state index in [1.807, 2.05) is 18.6 Å². The van der Waals surface area contributed by atoms with Crippen LogP contribution in [-0.4, -0.2) is 20.9 Å². The molecule has 20 heavy (non-hydrogen) atoms. The number of imidazole rings is 1. The first-order valence-electron chi connectivity index (χ1n) is 7.02. The van der Waals surface area contributed by atoms with Crippen LogP contribution >= 0.6 is 0 Å². The van der Waals surface area contributed by atoms with Crippen LogP contribution < -0.4 is 5.32 Å². The van der Waals surface area contributed by atoms with E-state index in [0.29, 0.717) is 6.04 Å². The molecular formula is C16H16N4. The average molecular weight is 264 g/mol. The third-order valence-corrected chi connectivity index (χ3v) is 3.95. The Morgan fingerprint density at radius 1 is 1.20 bits per heavy atom.